The first-order valence-corrected chi connectivity index (χ1v) is 10.0. The number of aromatic nitrogens is 2. The maximum Gasteiger partial charge on any atom is 0.273 e. The molecule has 31 heavy (non-hydrogen) atoms. The van der Waals surface area contributed by atoms with E-state index in [9.17, 15) is 15.0 Å². The number of amides is 1. The molecule has 156 valence electrons. The maximum absolute atomic E-state index is 13.3. The number of nitrogens with one attached hydrogen (secondary N) is 1. The molecule has 1 aliphatic heterocycles. The van der Waals surface area contributed by atoms with Crippen LogP contribution in [0.5, 0.6) is 11.5 Å². The lowest BCUT2D eigenvalue weighted by Gasteiger charge is -2.25. The maximum atomic E-state index is 13.3. The number of aromatic amines is 1. The van der Waals surface area contributed by atoms with E-state index in [2.05, 4.69) is 10.2 Å². The molecule has 0 unspecified atom stereocenters. The quantitative estimate of drug-likeness (QED) is 0.427. The van der Waals surface area contributed by atoms with Gasteiger partial charge in [0.2, 0.25) is 0 Å². The Morgan fingerprint density at radius 3 is 2.77 bits per heavy atom. The largest absolute Gasteiger partial charge is 0.508 e. The van der Waals surface area contributed by atoms with Crippen molar-refractivity contribution in [3.8, 4) is 22.8 Å². The van der Waals surface area contributed by atoms with Gasteiger partial charge in [0.25, 0.3) is 5.91 Å². The third-order valence-electron chi connectivity index (χ3n) is 5.49. The summed E-state index contributed by atoms with van der Waals surface area (Å²) in [4.78, 5) is 14.9. The molecule has 3 N–H and O–H groups in total. The summed E-state index contributed by atoms with van der Waals surface area (Å²) in [6.45, 7) is 2.03. The van der Waals surface area contributed by atoms with Crippen LogP contribution in [0.1, 0.15) is 39.0 Å². The van der Waals surface area contributed by atoms with Gasteiger partial charge in [0.1, 0.15) is 28.6 Å². The lowest BCUT2D eigenvalue weighted by molar-refractivity contribution is 0.0716. The molecule has 4 aromatic rings. The lowest BCUT2D eigenvalue weighted by Crippen LogP contribution is -2.28. The minimum Gasteiger partial charge on any atom is -0.508 e. The van der Waals surface area contributed by atoms with Gasteiger partial charge in [-0.2, -0.15) is 5.10 Å². The van der Waals surface area contributed by atoms with Gasteiger partial charge in [-0.05, 0) is 54.4 Å². The lowest BCUT2D eigenvalue weighted by atomic mass is 9.95. The molecule has 8 heteroatoms. The number of hydrogen-bond donors (Lipinski definition) is 3. The van der Waals surface area contributed by atoms with E-state index in [-0.39, 0.29) is 24.0 Å². The molecule has 3 heterocycles. The fraction of sp³-hybridized carbons (Fsp3) is 0.130. The molecular formula is C23H18ClN3O4. The second kappa shape index (κ2) is 7.21. The zero-order valence-corrected chi connectivity index (χ0v) is 17.2. The SMILES string of the molecule is Cc1cc(O)c(-c2n[nH]c3c2[C@@H](c2cccc(O)c2)N(Cc2ccco2)C3=O)cc1Cl. The zero-order chi connectivity index (χ0) is 21.7. The van der Waals surface area contributed by atoms with Crippen molar-refractivity contribution in [2.24, 2.45) is 0 Å². The van der Waals surface area contributed by atoms with Gasteiger partial charge in [0, 0.05) is 16.1 Å². The van der Waals surface area contributed by atoms with Crippen molar-refractivity contribution in [3.63, 3.8) is 0 Å². The van der Waals surface area contributed by atoms with Gasteiger partial charge in [-0.3, -0.25) is 9.89 Å². The van der Waals surface area contributed by atoms with Crippen molar-refractivity contribution in [1.29, 1.82) is 0 Å². The molecule has 1 amide bonds. The van der Waals surface area contributed by atoms with Crippen LogP contribution in [0.2, 0.25) is 5.02 Å². The van der Waals surface area contributed by atoms with Crippen LogP contribution in [0.3, 0.4) is 0 Å². The molecule has 5 rings (SSSR count). The highest BCUT2D eigenvalue weighted by Crippen LogP contribution is 2.46. The summed E-state index contributed by atoms with van der Waals surface area (Å²) in [5.74, 6) is 0.473. The number of carbonyl (C=O) groups is 1. The van der Waals surface area contributed by atoms with Crippen molar-refractivity contribution in [2.45, 2.75) is 19.5 Å². The average Bonchev–Trinajstić information content (AvgIpc) is 3.45. The number of nitrogens with zero attached hydrogens (tertiary/aromatic N) is 2. The van der Waals surface area contributed by atoms with Crippen molar-refractivity contribution >= 4 is 17.5 Å². The van der Waals surface area contributed by atoms with Crippen molar-refractivity contribution in [2.75, 3.05) is 0 Å². The number of aromatic hydroxyl groups is 2. The Labute approximate surface area is 182 Å². The van der Waals surface area contributed by atoms with E-state index in [1.54, 1.807) is 60.6 Å². The van der Waals surface area contributed by atoms with E-state index in [1.807, 2.05) is 6.07 Å². The third kappa shape index (κ3) is 3.14. The average molecular weight is 436 g/mol. The fourth-order valence-electron chi connectivity index (χ4n) is 4.03. The van der Waals surface area contributed by atoms with Crippen LogP contribution in [0.15, 0.2) is 59.2 Å². The summed E-state index contributed by atoms with van der Waals surface area (Å²) >= 11 is 6.31. The van der Waals surface area contributed by atoms with Gasteiger partial charge in [-0.1, -0.05) is 23.7 Å². The first-order chi connectivity index (χ1) is 14.9. The van der Waals surface area contributed by atoms with Crippen molar-refractivity contribution < 1.29 is 19.4 Å². The van der Waals surface area contributed by atoms with Crippen LogP contribution in [0.25, 0.3) is 11.3 Å². The fourth-order valence-corrected chi connectivity index (χ4v) is 4.20. The predicted octanol–water partition coefficient (Wildman–Crippen LogP) is 4.79. The van der Waals surface area contributed by atoms with Crippen LogP contribution >= 0.6 is 11.6 Å². The van der Waals surface area contributed by atoms with E-state index in [0.717, 1.165) is 5.56 Å². The van der Waals surface area contributed by atoms with E-state index in [1.165, 1.54) is 0 Å². The molecule has 0 saturated carbocycles. The molecule has 0 fully saturated rings. The molecule has 1 atom stereocenters. The van der Waals surface area contributed by atoms with E-state index < -0.39 is 6.04 Å². The van der Waals surface area contributed by atoms with Crippen LogP contribution < -0.4 is 0 Å². The first kappa shape index (κ1) is 19.3. The number of aryl methyl sites for hydroxylation is 1. The summed E-state index contributed by atoms with van der Waals surface area (Å²) in [6.07, 6.45) is 1.55. The van der Waals surface area contributed by atoms with Gasteiger partial charge in [0.15, 0.2) is 0 Å². The summed E-state index contributed by atoms with van der Waals surface area (Å²) in [6, 6.07) is 13.0. The Morgan fingerprint density at radius 2 is 2.03 bits per heavy atom. The van der Waals surface area contributed by atoms with Crippen molar-refractivity contribution in [1.82, 2.24) is 15.1 Å². The smallest absolute Gasteiger partial charge is 0.273 e. The van der Waals surface area contributed by atoms with Crippen LogP contribution in [0.4, 0.5) is 0 Å². The van der Waals surface area contributed by atoms with E-state index in [0.29, 0.717) is 38.9 Å². The highest BCUT2D eigenvalue weighted by molar-refractivity contribution is 6.31. The number of phenols is 2. The van der Waals surface area contributed by atoms with Gasteiger partial charge in [-0.25, -0.2) is 0 Å². The van der Waals surface area contributed by atoms with E-state index >= 15 is 0 Å². The van der Waals surface area contributed by atoms with Gasteiger partial charge < -0.3 is 19.5 Å². The number of halogens is 1. The predicted molar refractivity (Wildman–Crippen MR) is 114 cm³/mol. The minimum atomic E-state index is -0.548. The number of rotatable bonds is 4. The molecule has 0 saturated heterocycles. The molecule has 0 aliphatic carbocycles. The minimum absolute atomic E-state index is 0.0165. The number of fused-ring (bicyclic) bond motifs is 1. The molecule has 7 nitrogen and oxygen atoms in total. The molecule has 0 spiro atoms. The number of carbonyl (C=O) groups excluding carboxylic acids is 1. The number of benzene rings is 2. The zero-order valence-electron chi connectivity index (χ0n) is 16.5. The van der Waals surface area contributed by atoms with Crippen LogP contribution in [-0.2, 0) is 6.54 Å². The molecular weight excluding hydrogens is 418 g/mol. The Kier molecular flexibility index (Phi) is 4.48. The molecule has 2 aromatic carbocycles. The Balaban J connectivity index is 1.70. The Bertz CT molecular complexity index is 1300. The Hall–Kier alpha value is -3.71. The highest BCUT2D eigenvalue weighted by Gasteiger charge is 2.43. The molecule has 0 bridgehead atoms. The molecule has 1 aliphatic rings. The second-order valence-corrected chi connectivity index (χ2v) is 7.90. The summed E-state index contributed by atoms with van der Waals surface area (Å²) in [5.41, 5.74) is 3.22. The Morgan fingerprint density at radius 1 is 1.19 bits per heavy atom. The normalized spacial score (nSPS) is 15.5. The van der Waals surface area contributed by atoms with Crippen LogP contribution in [-0.4, -0.2) is 31.2 Å². The second-order valence-electron chi connectivity index (χ2n) is 7.49. The molecule has 0 radical (unpaired) electrons. The molecule has 2 aromatic heterocycles. The van der Waals surface area contributed by atoms with Gasteiger partial charge >= 0.3 is 0 Å². The van der Waals surface area contributed by atoms with Gasteiger partial charge in [-0.15, -0.1) is 0 Å². The summed E-state index contributed by atoms with van der Waals surface area (Å²) in [5, 5.41) is 28.3. The monoisotopic (exact) mass is 435 g/mol. The van der Waals surface area contributed by atoms with Crippen LogP contribution in [0, 0.1) is 6.92 Å². The number of hydrogen-bond acceptors (Lipinski definition) is 5. The first-order valence-electron chi connectivity index (χ1n) is 9.64. The summed E-state index contributed by atoms with van der Waals surface area (Å²) in [7, 11) is 0. The standard InChI is InChI=1S/C23H18ClN3O4/c1-12-8-18(29)16(10-17(12)24)20-19-21(26-25-20)23(30)27(11-15-6-3-7-31-15)22(19)13-4-2-5-14(28)9-13/h2-10,22,28-29H,11H2,1H3,(H,25,26)/t22-/m1/s1. The van der Waals surface area contributed by atoms with Crippen molar-refractivity contribution in [3.05, 3.63) is 88.0 Å². The topological polar surface area (TPSA) is 103 Å². The number of H-pyrrole nitrogens is 1. The van der Waals surface area contributed by atoms with E-state index in [4.69, 9.17) is 16.0 Å². The van der Waals surface area contributed by atoms with Gasteiger partial charge in [0.05, 0.1) is 18.8 Å². The number of furan rings is 1. The number of phenolic OH excluding ortho intramolecular Hbond substituents is 2. The highest BCUT2D eigenvalue weighted by atomic mass is 35.5. The summed E-state index contributed by atoms with van der Waals surface area (Å²) < 4.78 is 5.46. The third-order valence-corrected chi connectivity index (χ3v) is 5.90.